The standard InChI is InChI=1S/C30H29ClN6O3/c1-4-39-28-16-25-23(15-26(28)36-29(38)9-7-13-37(2)3)30(20(17-32)18-34-25)35-21-10-11-27(24(31)14-21)40-19-22-8-5-6-12-33-22/h5-12,14-16,18H,4,13,19H2,1-3H3,(H,34,35)(H,36,38)/b9-7-. The summed E-state index contributed by atoms with van der Waals surface area (Å²) < 4.78 is 11.6. The summed E-state index contributed by atoms with van der Waals surface area (Å²) in [6, 6.07) is 16.6. The average Bonchev–Trinajstić information content (AvgIpc) is 2.94. The van der Waals surface area contributed by atoms with Crippen molar-refractivity contribution in [3.63, 3.8) is 0 Å². The van der Waals surface area contributed by atoms with Crippen molar-refractivity contribution in [3.8, 4) is 17.6 Å². The third-order valence-electron chi connectivity index (χ3n) is 5.69. The van der Waals surface area contributed by atoms with Gasteiger partial charge in [0, 0.05) is 42.2 Å². The van der Waals surface area contributed by atoms with E-state index in [1.807, 2.05) is 44.1 Å². The van der Waals surface area contributed by atoms with Crippen LogP contribution in [0.3, 0.4) is 0 Å². The van der Waals surface area contributed by atoms with Crippen molar-refractivity contribution in [2.45, 2.75) is 13.5 Å². The summed E-state index contributed by atoms with van der Waals surface area (Å²) in [6.45, 7) is 3.17. The zero-order chi connectivity index (χ0) is 28.5. The molecule has 1 amide bonds. The highest BCUT2D eigenvalue weighted by atomic mass is 35.5. The van der Waals surface area contributed by atoms with Gasteiger partial charge in [0.2, 0.25) is 5.91 Å². The molecule has 0 aliphatic rings. The van der Waals surface area contributed by atoms with E-state index in [0.29, 0.717) is 63.2 Å². The van der Waals surface area contributed by atoms with Crippen molar-refractivity contribution in [1.82, 2.24) is 14.9 Å². The second-order valence-electron chi connectivity index (χ2n) is 8.99. The van der Waals surface area contributed by atoms with Crippen LogP contribution in [0, 0.1) is 11.3 Å². The summed E-state index contributed by atoms with van der Waals surface area (Å²) in [5.74, 6) is 0.686. The van der Waals surface area contributed by atoms with Gasteiger partial charge in [-0.05, 0) is 57.4 Å². The Kier molecular flexibility index (Phi) is 9.52. The molecule has 0 bridgehead atoms. The molecule has 0 unspecified atom stereocenters. The minimum absolute atomic E-state index is 0.280. The Morgan fingerprint density at radius 2 is 1.98 bits per heavy atom. The summed E-state index contributed by atoms with van der Waals surface area (Å²) in [5.41, 5.74) is 3.33. The number of ether oxygens (including phenoxy) is 2. The van der Waals surface area contributed by atoms with E-state index < -0.39 is 0 Å². The lowest BCUT2D eigenvalue weighted by molar-refractivity contribution is -0.111. The molecule has 10 heteroatoms. The van der Waals surface area contributed by atoms with Crippen LogP contribution in [0.15, 0.2) is 73.1 Å². The minimum Gasteiger partial charge on any atom is -0.492 e. The van der Waals surface area contributed by atoms with Gasteiger partial charge in [-0.3, -0.25) is 14.8 Å². The molecule has 9 nitrogen and oxygen atoms in total. The number of halogens is 1. The van der Waals surface area contributed by atoms with Gasteiger partial charge in [-0.25, -0.2) is 0 Å². The van der Waals surface area contributed by atoms with E-state index in [4.69, 9.17) is 21.1 Å². The highest BCUT2D eigenvalue weighted by Crippen LogP contribution is 2.37. The molecule has 4 aromatic rings. The number of benzene rings is 2. The van der Waals surface area contributed by atoms with Crippen LogP contribution >= 0.6 is 11.6 Å². The van der Waals surface area contributed by atoms with E-state index in [0.717, 1.165) is 5.69 Å². The first-order chi connectivity index (χ1) is 19.4. The van der Waals surface area contributed by atoms with E-state index in [1.54, 1.807) is 42.6 Å². The number of anilines is 3. The number of nitriles is 1. The van der Waals surface area contributed by atoms with Crippen molar-refractivity contribution in [1.29, 1.82) is 5.26 Å². The summed E-state index contributed by atoms with van der Waals surface area (Å²) in [6.07, 6.45) is 6.44. The monoisotopic (exact) mass is 556 g/mol. The van der Waals surface area contributed by atoms with Gasteiger partial charge in [0.1, 0.15) is 24.2 Å². The highest BCUT2D eigenvalue weighted by Gasteiger charge is 2.16. The number of nitrogens with one attached hydrogen (secondary N) is 2. The molecule has 0 spiro atoms. The summed E-state index contributed by atoms with van der Waals surface area (Å²) in [7, 11) is 3.84. The molecule has 2 heterocycles. The lowest BCUT2D eigenvalue weighted by Crippen LogP contribution is -2.13. The van der Waals surface area contributed by atoms with Crippen molar-refractivity contribution in [2.24, 2.45) is 0 Å². The largest absolute Gasteiger partial charge is 0.492 e. The third kappa shape index (κ3) is 7.26. The third-order valence-corrected chi connectivity index (χ3v) is 5.99. The topological polar surface area (TPSA) is 112 Å². The average molecular weight is 557 g/mol. The van der Waals surface area contributed by atoms with Crippen LogP contribution in [0.25, 0.3) is 10.9 Å². The Morgan fingerprint density at radius 1 is 1.12 bits per heavy atom. The fourth-order valence-electron chi connectivity index (χ4n) is 3.83. The highest BCUT2D eigenvalue weighted by molar-refractivity contribution is 6.32. The molecule has 40 heavy (non-hydrogen) atoms. The van der Waals surface area contributed by atoms with Gasteiger partial charge in [-0.1, -0.05) is 23.7 Å². The van der Waals surface area contributed by atoms with Crippen molar-refractivity contribution in [3.05, 3.63) is 89.4 Å². The predicted molar refractivity (Wildman–Crippen MR) is 157 cm³/mol. The Bertz CT molecular complexity index is 1570. The molecule has 2 N–H and O–H groups in total. The molecule has 2 aromatic carbocycles. The quantitative estimate of drug-likeness (QED) is 0.218. The molecule has 204 valence electrons. The van der Waals surface area contributed by atoms with Crippen LogP contribution in [-0.4, -0.2) is 48.0 Å². The van der Waals surface area contributed by atoms with E-state index in [9.17, 15) is 10.1 Å². The number of hydrogen-bond donors (Lipinski definition) is 2. The molecule has 4 rings (SSSR count). The van der Waals surface area contributed by atoms with Gasteiger partial charge >= 0.3 is 0 Å². The number of fused-ring (bicyclic) bond motifs is 1. The Morgan fingerprint density at radius 3 is 2.67 bits per heavy atom. The first kappa shape index (κ1) is 28.4. The normalized spacial score (nSPS) is 11.0. The number of likely N-dealkylation sites (N-methyl/N-ethyl adjacent to an activating group) is 1. The molecule has 0 saturated heterocycles. The van der Waals surface area contributed by atoms with Gasteiger partial charge in [0.05, 0.1) is 39.8 Å². The maximum Gasteiger partial charge on any atom is 0.248 e. The van der Waals surface area contributed by atoms with E-state index in [1.165, 1.54) is 12.3 Å². The smallest absolute Gasteiger partial charge is 0.248 e. The summed E-state index contributed by atoms with van der Waals surface area (Å²) in [5, 5.41) is 17.0. The molecule has 0 aliphatic heterocycles. The van der Waals surface area contributed by atoms with Gasteiger partial charge in [-0.15, -0.1) is 0 Å². The Hall–Kier alpha value is -4.65. The molecule has 2 aromatic heterocycles. The first-order valence-electron chi connectivity index (χ1n) is 12.6. The van der Waals surface area contributed by atoms with Crippen LogP contribution in [0.5, 0.6) is 11.5 Å². The number of amides is 1. The number of hydrogen-bond acceptors (Lipinski definition) is 8. The predicted octanol–water partition coefficient (Wildman–Crippen LogP) is 5.93. The van der Waals surface area contributed by atoms with Crippen LogP contribution in [0.2, 0.25) is 5.02 Å². The molecule has 0 atom stereocenters. The van der Waals surface area contributed by atoms with E-state index >= 15 is 0 Å². The summed E-state index contributed by atoms with van der Waals surface area (Å²) >= 11 is 6.52. The molecule has 0 aliphatic carbocycles. The molecule has 0 saturated carbocycles. The fraction of sp³-hybridized carbons (Fsp3) is 0.200. The fourth-order valence-corrected chi connectivity index (χ4v) is 4.07. The molecule has 0 radical (unpaired) electrons. The van der Waals surface area contributed by atoms with Crippen LogP contribution in [-0.2, 0) is 11.4 Å². The van der Waals surface area contributed by atoms with E-state index in [2.05, 4.69) is 26.7 Å². The second kappa shape index (κ2) is 13.4. The number of carbonyl (C=O) groups excluding carboxylic acids is 1. The number of rotatable bonds is 11. The van der Waals surface area contributed by atoms with Crippen molar-refractivity contribution < 1.29 is 14.3 Å². The lowest BCUT2D eigenvalue weighted by atomic mass is 10.1. The second-order valence-corrected chi connectivity index (χ2v) is 9.40. The SMILES string of the molecule is CCOc1cc2ncc(C#N)c(Nc3ccc(OCc4ccccn4)c(Cl)c3)c2cc1NC(=O)/C=C\CN(C)C. The summed E-state index contributed by atoms with van der Waals surface area (Å²) in [4.78, 5) is 23.3. The van der Waals surface area contributed by atoms with Crippen LogP contribution in [0.4, 0.5) is 17.1 Å². The molecule has 0 fully saturated rings. The maximum atomic E-state index is 12.6. The van der Waals surface area contributed by atoms with Gasteiger partial charge in [0.25, 0.3) is 0 Å². The van der Waals surface area contributed by atoms with E-state index in [-0.39, 0.29) is 12.5 Å². The van der Waals surface area contributed by atoms with Crippen LogP contribution in [0.1, 0.15) is 18.2 Å². The molecular weight excluding hydrogens is 528 g/mol. The maximum absolute atomic E-state index is 12.6. The van der Waals surface area contributed by atoms with Gasteiger partial charge < -0.3 is 25.0 Å². The first-order valence-corrected chi connectivity index (χ1v) is 13.0. The Balaban J connectivity index is 1.64. The van der Waals surface area contributed by atoms with Gasteiger partial charge in [0.15, 0.2) is 0 Å². The number of carbonyl (C=O) groups is 1. The lowest BCUT2D eigenvalue weighted by Gasteiger charge is -2.16. The van der Waals surface area contributed by atoms with Crippen molar-refractivity contribution >= 4 is 45.5 Å². The van der Waals surface area contributed by atoms with Gasteiger partial charge in [-0.2, -0.15) is 5.26 Å². The zero-order valence-corrected chi connectivity index (χ0v) is 23.2. The van der Waals surface area contributed by atoms with Crippen molar-refractivity contribution in [2.75, 3.05) is 37.9 Å². The number of aromatic nitrogens is 2. The minimum atomic E-state index is -0.297. The van der Waals surface area contributed by atoms with Crippen LogP contribution < -0.4 is 20.1 Å². The Labute approximate surface area is 238 Å². The molecular formula is C30H29ClN6O3. The zero-order valence-electron chi connectivity index (χ0n) is 22.4. The number of pyridine rings is 2. The number of nitrogens with zero attached hydrogens (tertiary/aromatic N) is 4.